The summed E-state index contributed by atoms with van der Waals surface area (Å²) in [7, 11) is 1.43. The molecule has 9 aromatic carbocycles. The van der Waals surface area contributed by atoms with Crippen LogP contribution in [0.1, 0.15) is 37.3 Å². The molecule has 0 saturated carbocycles. The van der Waals surface area contributed by atoms with Crippen molar-refractivity contribution in [3.63, 3.8) is 0 Å². The molecular weight excluding hydrogens is 737 g/mol. The number of fused-ring (bicyclic) bond motifs is 4. The van der Waals surface area contributed by atoms with Crippen molar-refractivity contribution in [2.45, 2.75) is 39.0 Å². The van der Waals surface area contributed by atoms with Crippen LogP contribution in [-0.2, 0) is 31.9 Å². The van der Waals surface area contributed by atoms with Gasteiger partial charge in [-0.05, 0) is 118 Å². The van der Waals surface area contributed by atoms with E-state index < -0.39 is 0 Å². The molecule has 0 spiro atoms. The second kappa shape index (κ2) is 17.1. The average Bonchev–Trinajstić information content (AvgIpc) is 3.30. The van der Waals surface area contributed by atoms with Gasteiger partial charge in [0.05, 0.1) is 13.7 Å². The zero-order valence-electron chi connectivity index (χ0n) is 34.0. The van der Waals surface area contributed by atoms with Gasteiger partial charge in [-0.2, -0.15) is 0 Å². The van der Waals surface area contributed by atoms with E-state index in [1.54, 1.807) is 0 Å². The van der Waals surface area contributed by atoms with Crippen LogP contribution in [0.15, 0.2) is 170 Å². The number of methoxy groups -OCH3 is 1. The van der Waals surface area contributed by atoms with Crippen LogP contribution in [0.25, 0.3) is 87.6 Å². The number of ether oxygens (including phenoxy) is 2. The number of aryl methyl sites for hydroxylation is 2. The van der Waals surface area contributed by atoms with Gasteiger partial charge >= 0.3 is 11.9 Å². The highest BCUT2D eigenvalue weighted by Crippen LogP contribution is 2.46. The van der Waals surface area contributed by atoms with E-state index in [0.717, 1.165) is 28.7 Å². The lowest BCUT2D eigenvalue weighted by atomic mass is 9.84. The largest absolute Gasteiger partial charge is 0.469 e. The van der Waals surface area contributed by atoms with Crippen molar-refractivity contribution in [2.75, 3.05) is 13.7 Å². The predicted octanol–water partition coefficient (Wildman–Crippen LogP) is 14.0. The number of carbonyl (C=O) groups is 2. The standard InChI is InChI=1S/C56H46O4/c1-3-36-60-52(58)35-25-38-22-28-40(29-23-38)54-45-14-6-10-18-49(45)56(50-19-11-7-15-46(50)54)42-32-30-41(31-33-42)55-47-16-8-4-12-43(47)53(44-13-5-9-17-48(44)55)39-26-20-37(21-27-39)24-34-51(57)59-2/h4-23,26-33H,3,24-25,34-36H2,1-2H3. The molecule has 60 heavy (non-hydrogen) atoms. The molecule has 0 N–H and O–H groups in total. The van der Waals surface area contributed by atoms with E-state index in [4.69, 9.17) is 9.47 Å². The zero-order chi connectivity index (χ0) is 41.0. The summed E-state index contributed by atoms with van der Waals surface area (Å²) in [6.07, 6.45) is 2.88. The minimum atomic E-state index is -0.196. The molecule has 4 nitrogen and oxygen atoms in total. The van der Waals surface area contributed by atoms with Crippen molar-refractivity contribution in [2.24, 2.45) is 0 Å². The van der Waals surface area contributed by atoms with Crippen molar-refractivity contribution in [3.05, 3.63) is 181 Å². The van der Waals surface area contributed by atoms with E-state index >= 15 is 0 Å². The topological polar surface area (TPSA) is 52.6 Å². The van der Waals surface area contributed by atoms with Crippen LogP contribution in [0.4, 0.5) is 0 Å². The van der Waals surface area contributed by atoms with E-state index in [1.807, 2.05) is 6.92 Å². The summed E-state index contributed by atoms with van der Waals surface area (Å²) in [6.45, 7) is 2.48. The normalized spacial score (nSPS) is 11.4. The van der Waals surface area contributed by atoms with Crippen LogP contribution in [-0.4, -0.2) is 25.7 Å². The van der Waals surface area contributed by atoms with Crippen molar-refractivity contribution < 1.29 is 19.1 Å². The molecule has 9 aromatic rings. The highest BCUT2D eigenvalue weighted by molar-refractivity contribution is 6.23. The number of benzene rings is 9. The second-order valence-corrected chi connectivity index (χ2v) is 15.5. The maximum absolute atomic E-state index is 12.2. The molecule has 0 aliphatic rings. The Bertz CT molecular complexity index is 2900. The first-order valence-electron chi connectivity index (χ1n) is 20.9. The third-order valence-electron chi connectivity index (χ3n) is 11.7. The number of hydrogen-bond acceptors (Lipinski definition) is 4. The molecule has 0 aromatic heterocycles. The van der Waals surface area contributed by atoms with E-state index in [9.17, 15) is 9.59 Å². The van der Waals surface area contributed by atoms with Gasteiger partial charge in [-0.25, -0.2) is 0 Å². The SMILES string of the molecule is CCCOC(=O)CCc1ccc(-c2c3ccccc3c(-c3ccc(-c4c5ccccc5c(-c5ccc(CCC(=O)OC)cc5)c5ccccc45)cc3)c3ccccc23)cc1. The van der Waals surface area contributed by atoms with Crippen LogP contribution in [0, 0.1) is 0 Å². The van der Waals surface area contributed by atoms with Crippen LogP contribution < -0.4 is 0 Å². The van der Waals surface area contributed by atoms with Gasteiger partial charge in [-0.15, -0.1) is 0 Å². The molecule has 294 valence electrons. The maximum atomic E-state index is 12.2. The number of rotatable bonds is 12. The zero-order valence-corrected chi connectivity index (χ0v) is 34.0. The van der Waals surface area contributed by atoms with Crippen LogP contribution in [0.5, 0.6) is 0 Å². The Morgan fingerprint density at radius 1 is 0.383 bits per heavy atom. The van der Waals surface area contributed by atoms with Gasteiger partial charge < -0.3 is 9.47 Å². The first-order chi connectivity index (χ1) is 29.5. The smallest absolute Gasteiger partial charge is 0.306 e. The molecular formula is C56H46O4. The van der Waals surface area contributed by atoms with Gasteiger partial charge in [0.15, 0.2) is 0 Å². The van der Waals surface area contributed by atoms with E-state index in [0.29, 0.717) is 32.3 Å². The molecule has 0 atom stereocenters. The lowest BCUT2D eigenvalue weighted by Crippen LogP contribution is -2.06. The Balaban J connectivity index is 1.12. The molecule has 0 bridgehead atoms. The van der Waals surface area contributed by atoms with Crippen LogP contribution in [0.3, 0.4) is 0 Å². The van der Waals surface area contributed by atoms with Gasteiger partial charge in [0.25, 0.3) is 0 Å². The maximum Gasteiger partial charge on any atom is 0.306 e. The predicted molar refractivity (Wildman–Crippen MR) is 248 cm³/mol. The number of carbonyl (C=O) groups excluding carboxylic acids is 2. The Morgan fingerprint density at radius 3 is 0.917 bits per heavy atom. The molecule has 9 rings (SSSR count). The lowest BCUT2D eigenvalue weighted by molar-refractivity contribution is -0.143. The summed E-state index contributed by atoms with van der Waals surface area (Å²) in [5, 5.41) is 9.63. The Hall–Kier alpha value is -7.04. The lowest BCUT2D eigenvalue weighted by Gasteiger charge is -2.19. The quantitative estimate of drug-likeness (QED) is 0.0915. The number of hydrogen-bond donors (Lipinski definition) is 0. The third kappa shape index (κ3) is 7.42. The summed E-state index contributed by atoms with van der Waals surface area (Å²) in [5.41, 5.74) is 11.7. The van der Waals surface area contributed by atoms with Gasteiger partial charge in [0, 0.05) is 12.8 Å². The van der Waals surface area contributed by atoms with Gasteiger partial charge in [0.1, 0.15) is 0 Å². The molecule has 0 amide bonds. The summed E-state index contributed by atoms with van der Waals surface area (Å²) in [6, 6.07) is 61.4. The van der Waals surface area contributed by atoms with Crippen LogP contribution in [0.2, 0.25) is 0 Å². The Morgan fingerprint density at radius 2 is 0.650 bits per heavy atom. The van der Waals surface area contributed by atoms with Crippen molar-refractivity contribution in [1.29, 1.82) is 0 Å². The fourth-order valence-electron chi connectivity index (χ4n) is 8.86. The Kier molecular flexibility index (Phi) is 10.9. The molecule has 0 saturated heterocycles. The summed E-state index contributed by atoms with van der Waals surface area (Å²) in [5.74, 6) is -0.340. The van der Waals surface area contributed by atoms with Gasteiger partial charge in [0.2, 0.25) is 0 Å². The second-order valence-electron chi connectivity index (χ2n) is 15.5. The first kappa shape index (κ1) is 38.5. The minimum absolute atomic E-state index is 0.144. The molecule has 0 radical (unpaired) electrons. The number of esters is 2. The Labute approximate surface area is 351 Å². The monoisotopic (exact) mass is 782 g/mol. The minimum Gasteiger partial charge on any atom is -0.469 e. The average molecular weight is 783 g/mol. The van der Waals surface area contributed by atoms with Gasteiger partial charge in [-0.3, -0.25) is 9.59 Å². The molecule has 0 aliphatic heterocycles. The molecule has 0 unspecified atom stereocenters. The van der Waals surface area contributed by atoms with Crippen molar-refractivity contribution in [1.82, 2.24) is 0 Å². The van der Waals surface area contributed by atoms with Crippen molar-refractivity contribution in [3.8, 4) is 44.5 Å². The van der Waals surface area contributed by atoms with E-state index in [-0.39, 0.29) is 11.9 Å². The first-order valence-corrected chi connectivity index (χ1v) is 20.9. The fraction of sp³-hybridized carbons (Fsp3) is 0.143. The summed E-state index contributed by atoms with van der Waals surface area (Å²) in [4.78, 5) is 24.0. The molecule has 0 heterocycles. The summed E-state index contributed by atoms with van der Waals surface area (Å²) >= 11 is 0. The fourth-order valence-corrected chi connectivity index (χ4v) is 8.86. The third-order valence-corrected chi connectivity index (χ3v) is 11.7. The van der Waals surface area contributed by atoms with Crippen molar-refractivity contribution >= 4 is 55.0 Å². The summed E-state index contributed by atoms with van der Waals surface area (Å²) < 4.78 is 10.2. The van der Waals surface area contributed by atoms with E-state index in [1.165, 1.54) is 83.6 Å². The van der Waals surface area contributed by atoms with Crippen LogP contribution >= 0.6 is 0 Å². The molecule has 0 fully saturated rings. The molecule has 0 aliphatic carbocycles. The van der Waals surface area contributed by atoms with Gasteiger partial charge in [-0.1, -0.05) is 177 Å². The highest BCUT2D eigenvalue weighted by Gasteiger charge is 2.19. The molecule has 4 heteroatoms. The van der Waals surface area contributed by atoms with E-state index in [2.05, 4.69) is 170 Å². The highest BCUT2D eigenvalue weighted by atomic mass is 16.5.